The Morgan fingerprint density at radius 1 is 1.33 bits per heavy atom. The summed E-state index contributed by atoms with van der Waals surface area (Å²) in [5.41, 5.74) is 3.25. The number of rotatable bonds is 3. The number of aryl methyl sites for hydroxylation is 2. The molecule has 4 rings (SSSR count). The van der Waals surface area contributed by atoms with Crippen molar-refractivity contribution >= 4 is 33.1 Å². The van der Waals surface area contributed by atoms with Crippen LogP contribution in [0, 0.1) is 13.8 Å². The molecule has 0 spiro atoms. The fourth-order valence-electron chi connectivity index (χ4n) is 3.02. The van der Waals surface area contributed by atoms with E-state index < -0.39 is 0 Å². The first-order valence-corrected chi connectivity index (χ1v) is 8.75. The standard InChI is InChI=1S/C18H18N4OS/c1-11-6-12(2)20-18-15(11)7-16(24-18)17(23)21-13-9-22(10-13)14-4-3-5-19-8-14/h3-8,13H,9-10H2,1-2H3,(H,21,23). The Morgan fingerprint density at radius 3 is 2.92 bits per heavy atom. The Morgan fingerprint density at radius 2 is 2.17 bits per heavy atom. The van der Waals surface area contributed by atoms with E-state index >= 15 is 0 Å². The molecule has 0 aliphatic carbocycles. The van der Waals surface area contributed by atoms with Crippen molar-refractivity contribution in [3.05, 3.63) is 52.8 Å². The molecule has 0 radical (unpaired) electrons. The fraction of sp³-hybridized carbons (Fsp3) is 0.278. The van der Waals surface area contributed by atoms with Crippen LogP contribution in [0.3, 0.4) is 0 Å². The van der Waals surface area contributed by atoms with E-state index in [4.69, 9.17) is 0 Å². The molecule has 1 aliphatic heterocycles. The van der Waals surface area contributed by atoms with Gasteiger partial charge in [-0.15, -0.1) is 11.3 Å². The van der Waals surface area contributed by atoms with Crippen molar-refractivity contribution in [3.63, 3.8) is 0 Å². The monoisotopic (exact) mass is 338 g/mol. The van der Waals surface area contributed by atoms with Gasteiger partial charge in [0.2, 0.25) is 0 Å². The molecule has 1 aliphatic rings. The predicted molar refractivity (Wildman–Crippen MR) is 96.8 cm³/mol. The molecular formula is C18H18N4OS. The van der Waals surface area contributed by atoms with Gasteiger partial charge in [-0.3, -0.25) is 9.78 Å². The normalized spacial score (nSPS) is 14.7. The Bertz CT molecular complexity index is 900. The number of nitrogens with one attached hydrogen (secondary N) is 1. The van der Waals surface area contributed by atoms with Crippen LogP contribution < -0.4 is 10.2 Å². The minimum atomic E-state index is -0.00844. The highest BCUT2D eigenvalue weighted by atomic mass is 32.1. The third kappa shape index (κ3) is 2.73. The number of amides is 1. The van der Waals surface area contributed by atoms with Crippen molar-refractivity contribution in [2.75, 3.05) is 18.0 Å². The van der Waals surface area contributed by atoms with Gasteiger partial charge in [-0.2, -0.15) is 0 Å². The summed E-state index contributed by atoms with van der Waals surface area (Å²) in [6.07, 6.45) is 3.61. The first kappa shape index (κ1) is 15.1. The van der Waals surface area contributed by atoms with Crippen LogP contribution in [-0.2, 0) is 0 Å². The summed E-state index contributed by atoms with van der Waals surface area (Å²) in [5, 5.41) is 4.18. The second kappa shape index (κ2) is 5.87. The van der Waals surface area contributed by atoms with E-state index in [1.54, 1.807) is 6.20 Å². The van der Waals surface area contributed by atoms with Gasteiger partial charge in [-0.1, -0.05) is 0 Å². The number of pyridine rings is 2. The lowest BCUT2D eigenvalue weighted by Crippen LogP contribution is -2.59. The summed E-state index contributed by atoms with van der Waals surface area (Å²) in [7, 11) is 0. The zero-order chi connectivity index (χ0) is 16.7. The maximum Gasteiger partial charge on any atom is 0.261 e. The van der Waals surface area contributed by atoms with Crippen LogP contribution in [-0.4, -0.2) is 35.0 Å². The van der Waals surface area contributed by atoms with E-state index in [9.17, 15) is 4.79 Å². The smallest absolute Gasteiger partial charge is 0.261 e. The number of aromatic nitrogens is 2. The van der Waals surface area contributed by atoms with Crippen LogP contribution in [0.5, 0.6) is 0 Å². The Labute approximate surface area is 144 Å². The first-order valence-electron chi connectivity index (χ1n) is 7.94. The number of hydrogen-bond acceptors (Lipinski definition) is 5. The van der Waals surface area contributed by atoms with E-state index in [0.29, 0.717) is 0 Å². The van der Waals surface area contributed by atoms with Gasteiger partial charge in [0.25, 0.3) is 5.91 Å². The number of anilines is 1. The van der Waals surface area contributed by atoms with Gasteiger partial charge in [0, 0.05) is 30.4 Å². The molecular weight excluding hydrogens is 320 g/mol. The predicted octanol–water partition coefficient (Wildman–Crippen LogP) is 2.93. The average Bonchev–Trinajstić information content (AvgIpc) is 2.95. The topological polar surface area (TPSA) is 58.1 Å². The second-order valence-corrected chi connectivity index (χ2v) is 7.23. The Kier molecular flexibility index (Phi) is 3.69. The average molecular weight is 338 g/mol. The first-order chi connectivity index (χ1) is 11.6. The number of carbonyl (C=O) groups is 1. The van der Waals surface area contributed by atoms with Crippen molar-refractivity contribution in [1.82, 2.24) is 15.3 Å². The van der Waals surface area contributed by atoms with E-state index in [1.165, 1.54) is 16.9 Å². The lowest BCUT2D eigenvalue weighted by molar-refractivity contribution is 0.0934. The lowest BCUT2D eigenvalue weighted by atomic mass is 10.1. The van der Waals surface area contributed by atoms with Crippen LogP contribution in [0.25, 0.3) is 10.2 Å². The summed E-state index contributed by atoms with van der Waals surface area (Å²) < 4.78 is 0. The van der Waals surface area contributed by atoms with Crippen LogP contribution >= 0.6 is 11.3 Å². The highest BCUT2D eigenvalue weighted by molar-refractivity contribution is 7.20. The summed E-state index contributed by atoms with van der Waals surface area (Å²) in [4.78, 5) is 25.0. The van der Waals surface area contributed by atoms with Gasteiger partial charge in [-0.05, 0) is 43.7 Å². The van der Waals surface area contributed by atoms with Crippen LogP contribution in [0.15, 0.2) is 36.7 Å². The molecule has 0 aromatic carbocycles. The van der Waals surface area contributed by atoms with Crippen molar-refractivity contribution < 1.29 is 4.79 Å². The molecule has 1 saturated heterocycles. The lowest BCUT2D eigenvalue weighted by Gasteiger charge is -2.40. The molecule has 6 heteroatoms. The maximum absolute atomic E-state index is 12.5. The summed E-state index contributed by atoms with van der Waals surface area (Å²) in [6.45, 7) is 5.67. The molecule has 3 aromatic rings. The summed E-state index contributed by atoms with van der Waals surface area (Å²) >= 11 is 1.46. The highest BCUT2D eigenvalue weighted by Gasteiger charge is 2.29. The van der Waals surface area contributed by atoms with Gasteiger partial charge >= 0.3 is 0 Å². The van der Waals surface area contributed by atoms with Gasteiger partial charge in [0.1, 0.15) is 4.83 Å². The molecule has 0 atom stereocenters. The third-order valence-corrected chi connectivity index (χ3v) is 5.32. The van der Waals surface area contributed by atoms with Gasteiger partial charge in [0.15, 0.2) is 0 Å². The largest absolute Gasteiger partial charge is 0.366 e. The minimum absolute atomic E-state index is 0.00844. The molecule has 1 amide bonds. The van der Waals surface area contributed by atoms with E-state index in [2.05, 4.69) is 33.2 Å². The molecule has 122 valence electrons. The minimum Gasteiger partial charge on any atom is -0.366 e. The molecule has 24 heavy (non-hydrogen) atoms. The van der Waals surface area contributed by atoms with E-state index in [-0.39, 0.29) is 11.9 Å². The second-order valence-electron chi connectivity index (χ2n) is 6.20. The van der Waals surface area contributed by atoms with Crippen LogP contribution in [0.4, 0.5) is 5.69 Å². The molecule has 5 nitrogen and oxygen atoms in total. The summed E-state index contributed by atoms with van der Waals surface area (Å²) in [6, 6.07) is 8.14. The van der Waals surface area contributed by atoms with Gasteiger partial charge < -0.3 is 10.2 Å². The quantitative estimate of drug-likeness (QED) is 0.798. The molecule has 0 saturated carbocycles. The summed E-state index contributed by atoms with van der Waals surface area (Å²) in [5.74, 6) is -0.00844. The number of hydrogen-bond donors (Lipinski definition) is 1. The third-order valence-electron chi connectivity index (χ3n) is 4.29. The molecule has 4 heterocycles. The van der Waals surface area contributed by atoms with Crippen molar-refractivity contribution in [1.29, 1.82) is 0 Å². The molecule has 3 aromatic heterocycles. The van der Waals surface area contributed by atoms with Crippen molar-refractivity contribution in [2.24, 2.45) is 0 Å². The molecule has 0 unspecified atom stereocenters. The molecule has 1 fully saturated rings. The number of nitrogens with zero attached hydrogens (tertiary/aromatic N) is 3. The van der Waals surface area contributed by atoms with Crippen molar-refractivity contribution in [3.8, 4) is 0 Å². The maximum atomic E-state index is 12.5. The van der Waals surface area contributed by atoms with E-state index in [1.807, 2.05) is 31.3 Å². The molecule has 0 bridgehead atoms. The fourth-order valence-corrected chi connectivity index (χ4v) is 4.08. The van der Waals surface area contributed by atoms with Crippen molar-refractivity contribution in [2.45, 2.75) is 19.9 Å². The Hall–Kier alpha value is -2.47. The zero-order valence-corrected chi connectivity index (χ0v) is 14.4. The molecule has 1 N–H and O–H groups in total. The van der Waals surface area contributed by atoms with Gasteiger partial charge in [0.05, 0.1) is 22.8 Å². The number of thiophene rings is 1. The number of fused-ring (bicyclic) bond motifs is 1. The van der Waals surface area contributed by atoms with Crippen LogP contribution in [0.2, 0.25) is 0 Å². The Balaban J connectivity index is 1.43. The van der Waals surface area contributed by atoms with Gasteiger partial charge in [-0.25, -0.2) is 4.98 Å². The van der Waals surface area contributed by atoms with Crippen LogP contribution in [0.1, 0.15) is 20.9 Å². The SMILES string of the molecule is Cc1cc(C)c2cc(C(=O)NC3CN(c4cccnc4)C3)sc2n1. The zero-order valence-electron chi connectivity index (χ0n) is 13.6. The van der Waals surface area contributed by atoms with E-state index in [0.717, 1.165) is 39.6 Å². The highest BCUT2D eigenvalue weighted by Crippen LogP contribution is 2.27. The number of carbonyl (C=O) groups excluding carboxylic acids is 1.